The molecule has 1 amide bonds. The zero-order valence-corrected chi connectivity index (χ0v) is 15.7. The van der Waals surface area contributed by atoms with Gasteiger partial charge in [0.05, 0.1) is 17.8 Å². The summed E-state index contributed by atoms with van der Waals surface area (Å²) in [5.74, 6) is 0.283. The van der Waals surface area contributed by atoms with Crippen molar-refractivity contribution in [1.82, 2.24) is 29.9 Å². The molecule has 0 fully saturated rings. The Morgan fingerprint density at radius 1 is 1.32 bits per heavy atom. The molecule has 0 bridgehead atoms. The van der Waals surface area contributed by atoms with Gasteiger partial charge in [0, 0.05) is 49.4 Å². The van der Waals surface area contributed by atoms with Gasteiger partial charge in [-0.15, -0.1) is 0 Å². The van der Waals surface area contributed by atoms with E-state index in [1.54, 1.807) is 29.9 Å². The van der Waals surface area contributed by atoms with Gasteiger partial charge in [-0.25, -0.2) is 4.98 Å². The Balaban J connectivity index is 1.69. The number of nitrogens with zero attached hydrogens (tertiary/aromatic N) is 5. The lowest BCUT2D eigenvalue weighted by molar-refractivity contribution is -0.131. The summed E-state index contributed by atoms with van der Waals surface area (Å²) in [5.41, 5.74) is 9.37. The fourth-order valence-electron chi connectivity index (χ4n) is 3.12. The number of methoxy groups -OCH3 is 1. The van der Waals surface area contributed by atoms with Gasteiger partial charge in [0.1, 0.15) is 12.1 Å². The molecule has 0 saturated heterocycles. The van der Waals surface area contributed by atoms with Crippen molar-refractivity contribution in [3.63, 3.8) is 0 Å². The first-order valence-corrected chi connectivity index (χ1v) is 8.86. The minimum Gasteiger partial charge on any atom is -0.383 e. The van der Waals surface area contributed by atoms with Crippen LogP contribution in [0.25, 0.3) is 33.1 Å². The highest BCUT2D eigenvalue weighted by molar-refractivity contribution is 6.08. The van der Waals surface area contributed by atoms with Crippen LogP contribution in [0, 0.1) is 0 Å². The van der Waals surface area contributed by atoms with Gasteiger partial charge in [-0.2, -0.15) is 10.2 Å². The second kappa shape index (κ2) is 7.28. The molecule has 4 aromatic rings. The normalized spacial score (nSPS) is 11.4. The van der Waals surface area contributed by atoms with Gasteiger partial charge in [0.25, 0.3) is 0 Å². The maximum Gasteiger partial charge on any atom is 0.244 e. The number of pyridine rings is 1. The average molecular weight is 379 g/mol. The number of anilines is 1. The number of aromatic amines is 1. The van der Waals surface area contributed by atoms with Crippen molar-refractivity contribution < 1.29 is 9.53 Å². The minimum absolute atomic E-state index is 0.0535. The van der Waals surface area contributed by atoms with Gasteiger partial charge >= 0.3 is 0 Å². The number of likely N-dealkylation sites (N-methyl/N-ethyl adjacent to an activating group) is 1. The highest BCUT2D eigenvalue weighted by Crippen LogP contribution is 2.29. The Bertz CT molecular complexity index is 1130. The molecule has 0 spiro atoms. The van der Waals surface area contributed by atoms with Crippen LogP contribution in [0.15, 0.2) is 36.7 Å². The fraction of sp³-hybridized carbons (Fsp3) is 0.263. The molecule has 3 heterocycles. The average Bonchev–Trinajstić information content (AvgIpc) is 3.36. The van der Waals surface area contributed by atoms with Crippen molar-refractivity contribution in [3.05, 3.63) is 36.7 Å². The molecule has 3 N–H and O–H groups in total. The third-order valence-electron chi connectivity index (χ3n) is 4.70. The molecule has 0 aliphatic carbocycles. The predicted molar refractivity (Wildman–Crippen MR) is 107 cm³/mol. The maximum atomic E-state index is 12.4. The Morgan fingerprint density at radius 3 is 2.93 bits per heavy atom. The second-order valence-corrected chi connectivity index (χ2v) is 6.60. The lowest BCUT2D eigenvalue weighted by atomic mass is 10.1. The van der Waals surface area contributed by atoms with Crippen LogP contribution in [-0.4, -0.2) is 63.1 Å². The van der Waals surface area contributed by atoms with Gasteiger partial charge in [0.2, 0.25) is 5.91 Å². The van der Waals surface area contributed by atoms with Crippen LogP contribution >= 0.6 is 0 Å². The van der Waals surface area contributed by atoms with Gasteiger partial charge in [0.15, 0.2) is 5.82 Å². The van der Waals surface area contributed by atoms with E-state index >= 15 is 0 Å². The molecule has 0 atom stereocenters. The fourth-order valence-corrected chi connectivity index (χ4v) is 3.12. The highest BCUT2D eigenvalue weighted by Gasteiger charge is 2.15. The van der Waals surface area contributed by atoms with Crippen molar-refractivity contribution >= 4 is 33.5 Å². The smallest absolute Gasteiger partial charge is 0.244 e. The largest absolute Gasteiger partial charge is 0.383 e. The summed E-state index contributed by atoms with van der Waals surface area (Å²) in [6, 6.07) is 7.83. The predicted octanol–water partition coefficient (Wildman–Crippen LogP) is 1.66. The number of fused-ring (bicyclic) bond motifs is 3. The maximum absolute atomic E-state index is 12.4. The third kappa shape index (κ3) is 3.27. The molecule has 3 aromatic heterocycles. The number of nitrogen functional groups attached to an aromatic ring is 1. The van der Waals surface area contributed by atoms with Gasteiger partial charge in [-0.05, 0) is 12.1 Å². The van der Waals surface area contributed by atoms with Gasteiger partial charge in [-0.1, -0.05) is 12.1 Å². The van der Waals surface area contributed by atoms with E-state index in [1.807, 2.05) is 30.5 Å². The lowest BCUT2D eigenvalue weighted by Crippen LogP contribution is -2.32. The quantitative estimate of drug-likeness (QED) is 0.526. The molecule has 28 heavy (non-hydrogen) atoms. The molecule has 9 nitrogen and oxygen atoms in total. The number of rotatable bonds is 6. The van der Waals surface area contributed by atoms with Crippen LogP contribution in [0.2, 0.25) is 0 Å². The summed E-state index contributed by atoms with van der Waals surface area (Å²) in [4.78, 5) is 18.5. The van der Waals surface area contributed by atoms with E-state index in [9.17, 15) is 4.79 Å². The standard InChI is InChI=1S/C19H21N7O2/c1-25(7-8-28-2)17(27)11-26-10-14-13-4-3-12(15-5-6-21-23-15)9-16(13)22-19(20)18(14)24-26/h3-6,9-10H,7-8,11H2,1-2H3,(H2,20,22)(H,21,23). The van der Waals surface area contributed by atoms with E-state index in [4.69, 9.17) is 10.5 Å². The van der Waals surface area contributed by atoms with Gasteiger partial charge in [-0.3, -0.25) is 14.6 Å². The molecule has 9 heteroatoms. The molecule has 1 aromatic carbocycles. The lowest BCUT2D eigenvalue weighted by Gasteiger charge is -2.16. The summed E-state index contributed by atoms with van der Waals surface area (Å²) < 4.78 is 6.62. The summed E-state index contributed by atoms with van der Waals surface area (Å²) in [6.45, 7) is 1.14. The summed E-state index contributed by atoms with van der Waals surface area (Å²) >= 11 is 0. The van der Waals surface area contributed by atoms with E-state index in [-0.39, 0.29) is 12.5 Å². The van der Waals surface area contributed by atoms with Crippen molar-refractivity contribution in [3.8, 4) is 11.3 Å². The summed E-state index contributed by atoms with van der Waals surface area (Å²) in [5, 5.41) is 13.2. The number of hydrogen-bond donors (Lipinski definition) is 2. The van der Waals surface area contributed by atoms with Gasteiger partial charge < -0.3 is 15.4 Å². The van der Waals surface area contributed by atoms with E-state index in [0.29, 0.717) is 24.5 Å². The molecule has 4 rings (SSSR count). The Labute approximate surface area is 161 Å². The summed E-state index contributed by atoms with van der Waals surface area (Å²) in [7, 11) is 3.35. The molecule has 0 radical (unpaired) electrons. The number of H-pyrrole nitrogens is 1. The number of ether oxygens (including phenoxy) is 1. The minimum atomic E-state index is -0.0535. The zero-order valence-electron chi connectivity index (χ0n) is 15.7. The molecule has 144 valence electrons. The molecule has 0 unspecified atom stereocenters. The van der Waals surface area contributed by atoms with Crippen LogP contribution in [0.1, 0.15) is 0 Å². The van der Waals surface area contributed by atoms with E-state index in [0.717, 1.165) is 27.5 Å². The number of amides is 1. The first-order valence-electron chi connectivity index (χ1n) is 8.86. The summed E-state index contributed by atoms with van der Waals surface area (Å²) in [6.07, 6.45) is 3.54. The molecule has 0 aliphatic heterocycles. The zero-order chi connectivity index (χ0) is 19.7. The van der Waals surface area contributed by atoms with Crippen molar-refractivity contribution in [2.45, 2.75) is 6.54 Å². The van der Waals surface area contributed by atoms with Crippen LogP contribution in [0.5, 0.6) is 0 Å². The first kappa shape index (κ1) is 17.9. The second-order valence-electron chi connectivity index (χ2n) is 6.60. The Hall–Kier alpha value is -3.46. The highest BCUT2D eigenvalue weighted by atomic mass is 16.5. The Kier molecular flexibility index (Phi) is 4.66. The van der Waals surface area contributed by atoms with E-state index in [1.165, 1.54) is 0 Å². The number of hydrogen-bond acceptors (Lipinski definition) is 6. The van der Waals surface area contributed by atoms with Crippen molar-refractivity contribution in [2.24, 2.45) is 0 Å². The van der Waals surface area contributed by atoms with Crippen LogP contribution in [0.4, 0.5) is 5.82 Å². The number of nitrogens with two attached hydrogens (primary N) is 1. The topological polar surface area (TPSA) is 115 Å². The molecule has 0 aliphatic rings. The number of carbonyl (C=O) groups is 1. The number of aromatic nitrogens is 5. The monoisotopic (exact) mass is 379 g/mol. The van der Waals surface area contributed by atoms with Crippen LogP contribution in [-0.2, 0) is 16.1 Å². The molecular weight excluding hydrogens is 358 g/mol. The SMILES string of the molecule is COCCN(C)C(=O)Cn1cc2c(n1)c(N)nc1cc(-c3ccn[nH]3)ccc12. The van der Waals surface area contributed by atoms with E-state index in [2.05, 4.69) is 20.3 Å². The van der Waals surface area contributed by atoms with Crippen molar-refractivity contribution in [2.75, 3.05) is 33.0 Å². The van der Waals surface area contributed by atoms with Crippen molar-refractivity contribution in [1.29, 1.82) is 0 Å². The first-order chi connectivity index (χ1) is 13.6. The molecular formula is C19H21N7O2. The number of carbonyl (C=O) groups excluding carboxylic acids is 1. The molecule has 0 saturated carbocycles. The number of nitrogens with one attached hydrogen (secondary N) is 1. The Morgan fingerprint density at radius 2 is 2.18 bits per heavy atom. The van der Waals surface area contributed by atoms with Crippen LogP contribution in [0.3, 0.4) is 0 Å². The van der Waals surface area contributed by atoms with E-state index < -0.39 is 0 Å². The number of benzene rings is 1. The van der Waals surface area contributed by atoms with Crippen LogP contribution < -0.4 is 5.73 Å². The third-order valence-corrected chi connectivity index (χ3v) is 4.70.